The molecule has 0 aliphatic carbocycles. The van der Waals surface area contributed by atoms with Crippen molar-refractivity contribution < 1.29 is 0 Å². The Morgan fingerprint density at radius 2 is 0.730 bits per heavy atom. The van der Waals surface area contributed by atoms with Gasteiger partial charge in [0, 0.05) is 56.1 Å². The largest absolute Gasteiger partial charge is 0.310 e. The maximum Gasteiger partial charge on any atom is 0.124 e. The van der Waals surface area contributed by atoms with Crippen LogP contribution in [0, 0.1) is 0 Å². The van der Waals surface area contributed by atoms with Crippen LogP contribution >= 0.6 is 11.3 Å². The van der Waals surface area contributed by atoms with Gasteiger partial charge in [-0.2, -0.15) is 0 Å². The van der Waals surface area contributed by atoms with Gasteiger partial charge in [0.15, 0.2) is 0 Å². The molecule has 14 rings (SSSR count). The van der Waals surface area contributed by atoms with Crippen molar-refractivity contribution >= 4 is 99.0 Å². The van der Waals surface area contributed by atoms with Gasteiger partial charge >= 0.3 is 0 Å². The molecule has 74 heavy (non-hydrogen) atoms. The van der Waals surface area contributed by atoms with Crippen molar-refractivity contribution in [1.82, 2.24) is 9.55 Å². The lowest BCUT2D eigenvalue weighted by molar-refractivity contribution is 1.18. The van der Waals surface area contributed by atoms with E-state index in [4.69, 9.17) is 4.98 Å². The third-order valence-electron chi connectivity index (χ3n) is 14.4. The van der Waals surface area contributed by atoms with Crippen LogP contribution in [0.4, 0.5) is 34.1 Å². The molecule has 0 bridgehead atoms. The first-order chi connectivity index (χ1) is 36.7. The molecule has 2 heterocycles. The Morgan fingerprint density at radius 1 is 0.297 bits per heavy atom. The van der Waals surface area contributed by atoms with Crippen molar-refractivity contribution in [3.63, 3.8) is 0 Å². The van der Waals surface area contributed by atoms with Gasteiger partial charge in [0.05, 0.1) is 21.3 Å². The summed E-state index contributed by atoms with van der Waals surface area (Å²) in [5.41, 5.74) is 16.9. The van der Waals surface area contributed by atoms with Crippen LogP contribution in [0.2, 0.25) is 0 Å². The van der Waals surface area contributed by atoms with Crippen LogP contribution in [0.15, 0.2) is 279 Å². The lowest BCUT2D eigenvalue weighted by Crippen LogP contribution is -2.10. The van der Waals surface area contributed by atoms with Crippen LogP contribution in [0.3, 0.4) is 0 Å². The van der Waals surface area contributed by atoms with E-state index in [1.807, 2.05) is 0 Å². The number of fused-ring (bicyclic) bond motifs is 7. The predicted octanol–water partition coefficient (Wildman–Crippen LogP) is 19.6. The minimum Gasteiger partial charge on any atom is -0.310 e. The van der Waals surface area contributed by atoms with Crippen molar-refractivity contribution in [3.05, 3.63) is 279 Å². The molecule has 2 aromatic heterocycles. The van der Waals surface area contributed by atoms with Gasteiger partial charge in [0.1, 0.15) is 5.01 Å². The molecular formula is C69H46N4S. The van der Waals surface area contributed by atoms with Crippen molar-refractivity contribution in [2.24, 2.45) is 0 Å². The monoisotopic (exact) mass is 962 g/mol. The standard InChI is InChI=1S/C69H46N4S/c1-4-14-47(15-5-1)49-26-32-55(33-27-49)71(56-36-30-51(31-37-56)69-70-65-21-11-13-23-68(65)74-69)58-38-41-61-52(44-58)24-25-53-45-59(39-42-62(53)61)72(57-34-28-50(29-35-57)48-16-6-2-7-17-48)60-40-43-67-64(46-60)63-20-10-12-22-66(63)73(67)54-18-8-3-9-19-54/h1-46H. The van der Waals surface area contributed by atoms with Crippen LogP contribution in [0.5, 0.6) is 0 Å². The van der Waals surface area contributed by atoms with Gasteiger partial charge < -0.3 is 14.4 Å². The molecule has 0 radical (unpaired) electrons. The number of hydrogen-bond acceptors (Lipinski definition) is 4. The predicted molar refractivity (Wildman–Crippen MR) is 315 cm³/mol. The first-order valence-electron chi connectivity index (χ1n) is 25.1. The summed E-state index contributed by atoms with van der Waals surface area (Å²) in [4.78, 5) is 9.72. The third kappa shape index (κ3) is 7.75. The Labute approximate surface area is 433 Å². The number of rotatable bonds is 10. The average Bonchev–Trinajstić information content (AvgIpc) is 4.08. The van der Waals surface area contributed by atoms with Gasteiger partial charge in [0.25, 0.3) is 0 Å². The minimum absolute atomic E-state index is 1.02. The van der Waals surface area contributed by atoms with Crippen molar-refractivity contribution in [2.75, 3.05) is 9.80 Å². The topological polar surface area (TPSA) is 24.3 Å². The number of nitrogens with zero attached hydrogens (tertiary/aromatic N) is 4. The fourth-order valence-corrected chi connectivity index (χ4v) is 11.8. The maximum absolute atomic E-state index is 4.96. The smallest absolute Gasteiger partial charge is 0.124 e. The summed E-state index contributed by atoms with van der Waals surface area (Å²) in [5, 5.41) is 8.22. The highest BCUT2D eigenvalue weighted by atomic mass is 32.1. The zero-order valence-corrected chi connectivity index (χ0v) is 41.1. The third-order valence-corrected chi connectivity index (χ3v) is 15.5. The van der Waals surface area contributed by atoms with Crippen LogP contribution in [-0.2, 0) is 0 Å². The molecule has 12 aromatic carbocycles. The first-order valence-corrected chi connectivity index (χ1v) is 25.9. The van der Waals surface area contributed by atoms with E-state index in [2.05, 4.69) is 293 Å². The van der Waals surface area contributed by atoms with Gasteiger partial charge in [0.2, 0.25) is 0 Å². The second-order valence-corrected chi connectivity index (χ2v) is 19.8. The van der Waals surface area contributed by atoms with Crippen LogP contribution in [0.25, 0.3) is 92.1 Å². The van der Waals surface area contributed by atoms with E-state index < -0.39 is 0 Å². The van der Waals surface area contributed by atoms with E-state index >= 15 is 0 Å². The van der Waals surface area contributed by atoms with Gasteiger partial charge in [-0.3, -0.25) is 0 Å². The van der Waals surface area contributed by atoms with E-state index in [1.165, 1.54) is 70.3 Å². The average molecular weight is 963 g/mol. The van der Waals surface area contributed by atoms with Gasteiger partial charge in [-0.25, -0.2) is 4.98 Å². The number of aromatic nitrogens is 2. The summed E-state index contributed by atoms with van der Waals surface area (Å²) in [7, 11) is 0. The fourth-order valence-electron chi connectivity index (χ4n) is 10.8. The molecule has 0 aliphatic rings. The SMILES string of the molecule is c1ccc(-c2ccc(N(c3ccc(-c4nc5ccccc5s4)cc3)c3ccc4c(ccc5cc(N(c6ccc(-c7ccccc7)cc6)c6ccc7c(c6)c6ccccc6n7-c6ccccc6)ccc54)c3)cc2)cc1. The summed E-state index contributed by atoms with van der Waals surface area (Å²) >= 11 is 1.73. The zero-order valence-electron chi connectivity index (χ0n) is 40.3. The second kappa shape index (κ2) is 18.2. The first kappa shape index (κ1) is 43.3. The molecule has 0 saturated heterocycles. The zero-order chi connectivity index (χ0) is 49.0. The van der Waals surface area contributed by atoms with Gasteiger partial charge in [-0.1, -0.05) is 158 Å². The summed E-state index contributed by atoms with van der Waals surface area (Å²) in [5.74, 6) is 0. The van der Waals surface area contributed by atoms with Crippen LogP contribution < -0.4 is 9.80 Å². The number of hydrogen-bond donors (Lipinski definition) is 0. The van der Waals surface area contributed by atoms with Crippen LogP contribution in [-0.4, -0.2) is 9.55 Å². The second-order valence-electron chi connectivity index (χ2n) is 18.8. The van der Waals surface area contributed by atoms with Crippen molar-refractivity contribution in [3.8, 4) is 38.5 Å². The quantitative estimate of drug-likeness (QED) is 0.128. The van der Waals surface area contributed by atoms with E-state index in [9.17, 15) is 0 Å². The Bertz CT molecular complexity index is 4300. The highest BCUT2D eigenvalue weighted by molar-refractivity contribution is 7.21. The van der Waals surface area contributed by atoms with E-state index in [-0.39, 0.29) is 0 Å². The van der Waals surface area contributed by atoms with Gasteiger partial charge in [-0.05, 0) is 165 Å². The number of benzene rings is 12. The molecule has 0 amide bonds. The summed E-state index contributed by atoms with van der Waals surface area (Å²) < 4.78 is 3.57. The molecule has 0 atom stereocenters. The van der Waals surface area contributed by atoms with Crippen molar-refractivity contribution in [2.45, 2.75) is 0 Å². The van der Waals surface area contributed by atoms with E-state index in [0.717, 1.165) is 55.9 Å². The number of para-hydroxylation sites is 3. The lowest BCUT2D eigenvalue weighted by atomic mass is 9.99. The highest BCUT2D eigenvalue weighted by Crippen LogP contribution is 2.44. The molecule has 348 valence electrons. The molecule has 0 aliphatic heterocycles. The molecule has 4 nitrogen and oxygen atoms in total. The number of anilines is 6. The minimum atomic E-state index is 1.02. The Balaban J connectivity index is 0.864. The van der Waals surface area contributed by atoms with E-state index in [1.54, 1.807) is 11.3 Å². The summed E-state index contributed by atoms with van der Waals surface area (Å²) in [6.07, 6.45) is 0. The summed E-state index contributed by atoms with van der Waals surface area (Å²) in [6, 6.07) is 101. The molecular weight excluding hydrogens is 917 g/mol. The molecule has 5 heteroatoms. The molecule has 0 saturated carbocycles. The van der Waals surface area contributed by atoms with Crippen molar-refractivity contribution in [1.29, 1.82) is 0 Å². The molecule has 0 unspecified atom stereocenters. The molecule has 0 spiro atoms. The fraction of sp³-hybridized carbons (Fsp3) is 0. The Kier molecular flexibility index (Phi) is 10.7. The normalized spacial score (nSPS) is 11.5. The number of thiazole rings is 1. The molecule has 0 fully saturated rings. The Morgan fingerprint density at radius 3 is 1.31 bits per heavy atom. The summed E-state index contributed by atoms with van der Waals surface area (Å²) in [6.45, 7) is 0. The Hall–Kier alpha value is -9.55. The van der Waals surface area contributed by atoms with Gasteiger partial charge in [-0.15, -0.1) is 11.3 Å². The van der Waals surface area contributed by atoms with E-state index in [0.29, 0.717) is 0 Å². The maximum atomic E-state index is 4.96. The lowest BCUT2D eigenvalue weighted by Gasteiger charge is -2.27. The highest BCUT2D eigenvalue weighted by Gasteiger charge is 2.20. The van der Waals surface area contributed by atoms with Crippen LogP contribution in [0.1, 0.15) is 0 Å². The molecule has 0 N–H and O–H groups in total. The molecule has 14 aromatic rings.